The third-order valence-corrected chi connectivity index (χ3v) is 8.23. The largest absolute Gasteiger partial charge is 0.508 e. The van der Waals surface area contributed by atoms with Crippen molar-refractivity contribution in [1.29, 1.82) is 0 Å². The molecular weight excluding hydrogens is 652 g/mol. The van der Waals surface area contributed by atoms with Gasteiger partial charge in [0.25, 0.3) is 5.91 Å². The lowest BCUT2D eigenvalue weighted by Crippen LogP contribution is -2.21. The van der Waals surface area contributed by atoms with Gasteiger partial charge in [0.05, 0.1) is 37.0 Å². The van der Waals surface area contributed by atoms with Crippen LogP contribution in [0.25, 0.3) is 11.3 Å². The van der Waals surface area contributed by atoms with Gasteiger partial charge in [0, 0.05) is 38.2 Å². The highest BCUT2D eigenvalue weighted by molar-refractivity contribution is 7.39. The van der Waals surface area contributed by atoms with Crippen LogP contribution >= 0.6 is 8.03 Å². The molecule has 0 aliphatic carbocycles. The normalized spacial score (nSPS) is 11.7. The minimum atomic E-state index is -4.82. The minimum absolute atomic E-state index is 0.00337. The summed E-state index contributed by atoms with van der Waals surface area (Å²) in [7, 11) is 1.19. The van der Waals surface area contributed by atoms with Crippen molar-refractivity contribution < 1.29 is 36.9 Å². The zero-order chi connectivity index (χ0) is 34.7. The second-order valence-electron chi connectivity index (χ2n) is 10.4. The Labute approximate surface area is 276 Å². The van der Waals surface area contributed by atoms with Crippen molar-refractivity contribution in [2.75, 3.05) is 44.2 Å². The number of amides is 1. The highest BCUT2D eigenvalue weighted by atomic mass is 31.1. The Morgan fingerprint density at radius 1 is 1.06 bits per heavy atom. The maximum Gasteiger partial charge on any atom is 0.508 e. The highest BCUT2D eigenvalue weighted by Crippen LogP contribution is 2.37. The molecule has 4 N–H and O–H groups in total. The lowest BCUT2D eigenvalue weighted by Gasteiger charge is -2.17. The molecule has 0 radical (unpaired) electrons. The minimum Gasteiger partial charge on any atom is -0.495 e. The molecule has 13 nitrogen and oxygen atoms in total. The number of halogens is 3. The number of aryl methyl sites for hydroxylation is 2. The van der Waals surface area contributed by atoms with E-state index < -0.39 is 31.5 Å². The van der Waals surface area contributed by atoms with Crippen LogP contribution in [0.4, 0.5) is 36.3 Å². The topological polar surface area (TPSA) is 165 Å². The Hall–Kier alpha value is -4.66. The fourth-order valence-electron chi connectivity index (χ4n) is 4.63. The molecule has 3 aromatic heterocycles. The summed E-state index contributed by atoms with van der Waals surface area (Å²) in [5.74, 6) is -0.969. The number of aromatic nitrogens is 5. The van der Waals surface area contributed by atoms with E-state index in [9.17, 15) is 22.5 Å². The van der Waals surface area contributed by atoms with E-state index >= 15 is 0 Å². The van der Waals surface area contributed by atoms with Gasteiger partial charge >= 0.3 is 14.2 Å². The van der Waals surface area contributed by atoms with Gasteiger partial charge in [0.2, 0.25) is 5.95 Å². The van der Waals surface area contributed by atoms with Crippen LogP contribution in [0.2, 0.25) is 0 Å². The monoisotopic (exact) mass is 689 g/mol. The number of benzene rings is 1. The van der Waals surface area contributed by atoms with Crippen LogP contribution in [0, 0.1) is 0 Å². The summed E-state index contributed by atoms with van der Waals surface area (Å²) < 4.78 is 66.2. The predicted molar refractivity (Wildman–Crippen MR) is 174 cm³/mol. The van der Waals surface area contributed by atoms with Crippen LogP contribution in [0.15, 0.2) is 48.9 Å². The Kier molecular flexibility index (Phi) is 12.8. The van der Waals surface area contributed by atoms with E-state index in [-0.39, 0.29) is 23.9 Å². The smallest absolute Gasteiger partial charge is 0.495 e. The maximum absolute atomic E-state index is 14.1. The third-order valence-electron chi connectivity index (χ3n) is 7.00. The quantitative estimate of drug-likeness (QED) is 0.0749. The summed E-state index contributed by atoms with van der Waals surface area (Å²) >= 11 is 0. The number of nitrogens with one attached hydrogen (secondary N) is 3. The van der Waals surface area contributed by atoms with Crippen molar-refractivity contribution in [3.05, 3.63) is 65.7 Å². The molecule has 1 amide bonds. The molecule has 1 unspecified atom stereocenters. The fourth-order valence-corrected chi connectivity index (χ4v) is 5.53. The van der Waals surface area contributed by atoms with E-state index in [0.717, 1.165) is 18.4 Å². The number of aliphatic hydroxyl groups excluding tert-OH is 1. The number of carbonyl (C=O) groups is 1. The van der Waals surface area contributed by atoms with Crippen LogP contribution < -0.4 is 20.7 Å². The summed E-state index contributed by atoms with van der Waals surface area (Å²) in [4.78, 5) is 25.2. The highest BCUT2D eigenvalue weighted by Gasteiger charge is 2.36. The molecule has 17 heteroatoms. The average molecular weight is 690 g/mol. The molecule has 3 heterocycles. The lowest BCUT2D eigenvalue weighted by atomic mass is 10.1. The summed E-state index contributed by atoms with van der Waals surface area (Å²) in [5, 5.41) is 21.3. The molecule has 256 valence electrons. The average Bonchev–Trinajstić information content (AvgIpc) is 3.55. The number of aliphatic hydroxyl groups is 1. The molecule has 0 bridgehead atoms. The molecule has 4 rings (SSSR count). The number of rotatable bonds is 17. The van der Waals surface area contributed by atoms with Crippen molar-refractivity contribution in [1.82, 2.24) is 30.0 Å². The van der Waals surface area contributed by atoms with Crippen LogP contribution in [-0.2, 0) is 28.2 Å². The Morgan fingerprint density at radius 3 is 2.56 bits per heavy atom. The molecule has 0 aliphatic rings. The first-order chi connectivity index (χ1) is 23.1. The number of nitrogens with zero attached hydrogens (tertiary/aromatic N) is 5. The van der Waals surface area contributed by atoms with Crippen molar-refractivity contribution in [3.8, 4) is 17.0 Å². The Bertz CT molecular complexity index is 1720. The van der Waals surface area contributed by atoms with Crippen molar-refractivity contribution in [2.45, 2.75) is 45.3 Å². The summed E-state index contributed by atoms with van der Waals surface area (Å²) in [6.45, 7) is 2.67. The van der Waals surface area contributed by atoms with Gasteiger partial charge in [0.15, 0.2) is 11.9 Å². The van der Waals surface area contributed by atoms with Gasteiger partial charge in [-0.25, -0.2) is 9.97 Å². The number of anilines is 4. The van der Waals surface area contributed by atoms with Crippen LogP contribution in [0.5, 0.6) is 5.75 Å². The predicted octanol–water partition coefficient (Wildman–Crippen LogP) is 6.09. The molecular formula is C31H37F3N8O5P+. The maximum atomic E-state index is 14.1. The molecule has 1 aromatic carbocycles. The first-order valence-electron chi connectivity index (χ1n) is 15.2. The summed E-state index contributed by atoms with van der Waals surface area (Å²) in [6.07, 6.45) is 2.24. The number of pyridine rings is 1. The lowest BCUT2D eigenvalue weighted by molar-refractivity contribution is -0.137. The Balaban J connectivity index is 1.58. The molecule has 4 aromatic rings. The number of ether oxygens (including phenoxy) is 1. The Morgan fingerprint density at radius 2 is 1.85 bits per heavy atom. The molecule has 0 spiro atoms. The first kappa shape index (κ1) is 36.2. The molecule has 0 saturated carbocycles. The van der Waals surface area contributed by atoms with Gasteiger partial charge in [-0.3, -0.25) is 9.48 Å². The third kappa shape index (κ3) is 9.69. The summed E-state index contributed by atoms with van der Waals surface area (Å²) in [5.41, 5.74) is 0.978. The first-order valence-corrected chi connectivity index (χ1v) is 16.5. The number of hydrogen-bond donors (Lipinski definition) is 4. The van der Waals surface area contributed by atoms with Gasteiger partial charge < -0.3 is 25.8 Å². The van der Waals surface area contributed by atoms with E-state index in [0.29, 0.717) is 61.0 Å². The van der Waals surface area contributed by atoms with Crippen molar-refractivity contribution >= 4 is 37.1 Å². The standard InChI is InChI=1S/C31H36F3N8O5P/c1-4-47-48(45)15-6-5-8-20-9-10-24(26(16-20)46-3)40-30-36-18-22(31(32,33)34)28(41-30)39-25-12-11-23(38-27(25)29(44)35-2)21-17-37-42(19-21)13-7-14-43/h9-12,16-19,43H,4-8,13-15H2,1-3H3,(H2-,35,36,39,40,41,44)/p+1. The second kappa shape index (κ2) is 16.9. The molecule has 0 fully saturated rings. The van der Waals surface area contributed by atoms with Crippen molar-refractivity contribution in [3.63, 3.8) is 0 Å². The zero-order valence-electron chi connectivity index (χ0n) is 26.7. The molecule has 0 aliphatic heterocycles. The number of unbranched alkanes of at least 4 members (excludes halogenated alkanes) is 1. The van der Waals surface area contributed by atoms with Crippen LogP contribution in [0.3, 0.4) is 0 Å². The van der Waals surface area contributed by atoms with Crippen molar-refractivity contribution in [2.24, 2.45) is 0 Å². The van der Waals surface area contributed by atoms with Gasteiger partial charge in [-0.15, -0.1) is 4.52 Å². The van der Waals surface area contributed by atoms with E-state index in [2.05, 4.69) is 36.0 Å². The fraction of sp³-hybridized carbons (Fsp3) is 0.387. The van der Waals surface area contributed by atoms with E-state index in [4.69, 9.17) is 14.4 Å². The second-order valence-corrected chi connectivity index (χ2v) is 11.8. The van der Waals surface area contributed by atoms with Gasteiger partial charge in [-0.2, -0.15) is 23.3 Å². The number of alkyl halides is 3. The number of carbonyl (C=O) groups excluding carboxylic acids is 1. The molecule has 48 heavy (non-hydrogen) atoms. The van der Waals surface area contributed by atoms with E-state index in [1.807, 2.05) is 6.07 Å². The zero-order valence-corrected chi connectivity index (χ0v) is 27.6. The van der Waals surface area contributed by atoms with E-state index in [1.54, 1.807) is 42.2 Å². The SMILES string of the molecule is CCO[P+](=O)CCCCc1ccc(Nc2ncc(C(F)(F)F)c(Nc3ccc(-c4cnn(CCCO)c4)nc3C(=O)NC)n2)c(OC)c1. The van der Waals surface area contributed by atoms with Crippen LogP contribution in [-0.4, -0.2) is 69.3 Å². The summed E-state index contributed by atoms with van der Waals surface area (Å²) in [6, 6.07) is 8.33. The van der Waals surface area contributed by atoms with Gasteiger partial charge in [-0.05, 0) is 67.0 Å². The number of methoxy groups -OCH3 is 1. The van der Waals surface area contributed by atoms with Crippen LogP contribution in [0.1, 0.15) is 47.8 Å². The van der Waals surface area contributed by atoms with Gasteiger partial charge in [0.1, 0.15) is 17.1 Å². The van der Waals surface area contributed by atoms with Gasteiger partial charge in [-0.1, -0.05) is 6.07 Å². The molecule has 0 saturated heterocycles. The van der Waals surface area contributed by atoms with E-state index in [1.165, 1.54) is 20.2 Å². The molecule has 1 atom stereocenters. The number of hydrogen-bond acceptors (Lipinski definition) is 11.